The third-order valence-electron chi connectivity index (χ3n) is 1.90. The molecule has 0 unspecified atom stereocenters. The highest BCUT2D eigenvalue weighted by Crippen LogP contribution is 2.07. The van der Waals surface area contributed by atoms with Crippen molar-refractivity contribution in [2.24, 2.45) is 10.7 Å². The molecule has 16 heavy (non-hydrogen) atoms. The van der Waals surface area contributed by atoms with Crippen molar-refractivity contribution in [3.63, 3.8) is 0 Å². The van der Waals surface area contributed by atoms with E-state index in [1.54, 1.807) is 0 Å². The van der Waals surface area contributed by atoms with Crippen LogP contribution in [0.1, 0.15) is 12.0 Å². The molecule has 3 N–H and O–H groups in total. The zero-order valence-electron chi connectivity index (χ0n) is 9.24. The Bertz CT molecular complexity index is 325. The summed E-state index contributed by atoms with van der Waals surface area (Å²) in [5, 5.41) is 2.93. The van der Waals surface area contributed by atoms with Gasteiger partial charge in [-0.15, -0.1) is 24.0 Å². The average molecular weight is 337 g/mol. The Kier molecular flexibility index (Phi) is 7.88. The van der Waals surface area contributed by atoms with Gasteiger partial charge < -0.3 is 11.1 Å². The lowest BCUT2D eigenvalue weighted by molar-refractivity contribution is 0.477. The van der Waals surface area contributed by atoms with Gasteiger partial charge in [-0.2, -0.15) is 0 Å². The number of halogens is 2. The smallest absolute Gasteiger partial charge is 0.193 e. The fraction of sp³-hybridized carbons (Fsp3) is 0.364. The molecule has 0 radical (unpaired) electrons. The first kappa shape index (κ1) is 15.2. The van der Waals surface area contributed by atoms with E-state index in [9.17, 15) is 4.39 Å². The number of benzene rings is 1. The molecule has 0 saturated carbocycles. The largest absolute Gasteiger partial charge is 0.370 e. The van der Waals surface area contributed by atoms with Crippen LogP contribution in [0.3, 0.4) is 0 Å². The van der Waals surface area contributed by atoms with E-state index in [-0.39, 0.29) is 30.7 Å². The zero-order chi connectivity index (χ0) is 11.1. The second kappa shape index (κ2) is 8.32. The number of alkyl halides is 1. The van der Waals surface area contributed by atoms with E-state index in [1.165, 1.54) is 5.56 Å². The number of nitrogens with two attached hydrogens (primary N) is 1. The molecule has 0 bridgehead atoms. The average Bonchev–Trinajstić information content (AvgIpc) is 2.22. The van der Waals surface area contributed by atoms with Gasteiger partial charge in [-0.3, -0.25) is 9.38 Å². The summed E-state index contributed by atoms with van der Waals surface area (Å²) in [6.07, 6.45) is 0.413. The third-order valence-corrected chi connectivity index (χ3v) is 1.90. The Hall–Kier alpha value is -0.850. The van der Waals surface area contributed by atoms with Crippen LogP contribution in [0.4, 0.5) is 10.1 Å². The summed E-state index contributed by atoms with van der Waals surface area (Å²) in [6.45, 7) is 2.07. The maximum absolute atomic E-state index is 11.8. The lowest BCUT2D eigenvalue weighted by Gasteiger charge is -2.05. The van der Waals surface area contributed by atoms with Crippen molar-refractivity contribution >= 4 is 35.6 Å². The Morgan fingerprint density at radius 3 is 2.56 bits per heavy atom. The van der Waals surface area contributed by atoms with Crippen LogP contribution in [0.15, 0.2) is 29.3 Å². The normalized spacial score (nSPS) is 10.8. The van der Waals surface area contributed by atoms with Crippen molar-refractivity contribution in [2.45, 2.75) is 13.3 Å². The van der Waals surface area contributed by atoms with Gasteiger partial charge in [0.2, 0.25) is 0 Å². The maximum atomic E-state index is 11.8. The lowest BCUT2D eigenvalue weighted by atomic mass is 10.2. The molecule has 3 nitrogen and oxygen atoms in total. The first-order chi connectivity index (χ1) is 7.22. The molecule has 1 aromatic carbocycles. The van der Waals surface area contributed by atoms with Crippen LogP contribution in [-0.2, 0) is 0 Å². The maximum Gasteiger partial charge on any atom is 0.193 e. The van der Waals surface area contributed by atoms with Crippen molar-refractivity contribution in [2.75, 3.05) is 18.5 Å². The van der Waals surface area contributed by atoms with Gasteiger partial charge in [-0.05, 0) is 25.5 Å². The molecule has 0 spiro atoms. The number of nitrogens with zero attached hydrogens (tertiary/aromatic N) is 1. The second-order valence-electron chi connectivity index (χ2n) is 3.30. The minimum Gasteiger partial charge on any atom is -0.370 e. The van der Waals surface area contributed by atoms with Crippen LogP contribution in [0.5, 0.6) is 0 Å². The molecule has 0 atom stereocenters. The molecule has 0 aliphatic rings. The van der Waals surface area contributed by atoms with Crippen molar-refractivity contribution in [1.29, 1.82) is 0 Å². The number of anilines is 1. The highest BCUT2D eigenvalue weighted by molar-refractivity contribution is 14.0. The first-order valence-electron chi connectivity index (χ1n) is 4.92. The summed E-state index contributed by atoms with van der Waals surface area (Å²) in [5.41, 5.74) is 7.68. The fourth-order valence-electron chi connectivity index (χ4n) is 1.08. The Balaban J connectivity index is 0.00000225. The van der Waals surface area contributed by atoms with Crippen molar-refractivity contribution in [3.8, 4) is 0 Å². The molecular formula is C11H17FIN3. The van der Waals surface area contributed by atoms with Crippen LogP contribution in [-0.4, -0.2) is 19.2 Å². The topological polar surface area (TPSA) is 50.4 Å². The van der Waals surface area contributed by atoms with E-state index in [2.05, 4.69) is 10.3 Å². The van der Waals surface area contributed by atoms with E-state index in [0.29, 0.717) is 18.9 Å². The van der Waals surface area contributed by atoms with Crippen LogP contribution in [0.25, 0.3) is 0 Å². The highest BCUT2D eigenvalue weighted by Gasteiger charge is 1.93. The zero-order valence-corrected chi connectivity index (χ0v) is 11.6. The van der Waals surface area contributed by atoms with Crippen LogP contribution in [0, 0.1) is 6.92 Å². The minimum absolute atomic E-state index is 0. The van der Waals surface area contributed by atoms with Gasteiger partial charge in [-0.25, -0.2) is 0 Å². The predicted octanol–water partition coefficient (Wildman–Crippen LogP) is 2.70. The molecule has 0 aromatic heterocycles. The number of guanidine groups is 1. The third kappa shape index (κ3) is 5.89. The number of aliphatic imine (C=N–C) groups is 1. The SMILES string of the molecule is Cc1ccc(NC(N)=NCCCF)cc1.I. The molecular weight excluding hydrogens is 320 g/mol. The summed E-state index contributed by atoms with van der Waals surface area (Å²) in [6, 6.07) is 7.81. The Morgan fingerprint density at radius 2 is 2.00 bits per heavy atom. The molecule has 0 aliphatic carbocycles. The van der Waals surface area contributed by atoms with Crippen molar-refractivity contribution < 1.29 is 4.39 Å². The van der Waals surface area contributed by atoms with Gasteiger partial charge in [0.05, 0.1) is 6.67 Å². The van der Waals surface area contributed by atoms with Gasteiger partial charge in [0, 0.05) is 12.2 Å². The van der Waals surface area contributed by atoms with Gasteiger partial charge in [0.25, 0.3) is 0 Å². The lowest BCUT2D eigenvalue weighted by Crippen LogP contribution is -2.22. The monoisotopic (exact) mass is 337 g/mol. The first-order valence-corrected chi connectivity index (χ1v) is 4.92. The van der Waals surface area contributed by atoms with E-state index in [1.807, 2.05) is 31.2 Å². The predicted molar refractivity (Wildman–Crippen MR) is 77.3 cm³/mol. The fourth-order valence-corrected chi connectivity index (χ4v) is 1.08. The van der Waals surface area contributed by atoms with Crippen molar-refractivity contribution in [1.82, 2.24) is 0 Å². The molecule has 90 valence electrons. The van der Waals surface area contributed by atoms with Crippen LogP contribution >= 0.6 is 24.0 Å². The molecule has 0 amide bonds. The molecule has 1 rings (SSSR count). The van der Waals surface area contributed by atoms with Crippen molar-refractivity contribution in [3.05, 3.63) is 29.8 Å². The number of hydrogen-bond acceptors (Lipinski definition) is 1. The molecule has 5 heteroatoms. The van der Waals surface area contributed by atoms with Gasteiger partial charge in [-0.1, -0.05) is 17.7 Å². The van der Waals surface area contributed by atoms with E-state index in [4.69, 9.17) is 5.73 Å². The molecule has 1 aromatic rings. The van der Waals surface area contributed by atoms with Crippen LogP contribution < -0.4 is 11.1 Å². The van der Waals surface area contributed by atoms with Gasteiger partial charge in [0.1, 0.15) is 0 Å². The molecule has 0 aliphatic heterocycles. The quantitative estimate of drug-likeness (QED) is 0.384. The molecule has 0 heterocycles. The van der Waals surface area contributed by atoms with E-state index < -0.39 is 0 Å². The van der Waals surface area contributed by atoms with Gasteiger partial charge in [0.15, 0.2) is 5.96 Å². The number of aryl methyl sites for hydroxylation is 1. The van der Waals surface area contributed by atoms with E-state index in [0.717, 1.165) is 5.69 Å². The summed E-state index contributed by atoms with van der Waals surface area (Å²) in [7, 11) is 0. The Labute approximate surface area is 112 Å². The molecule has 0 fully saturated rings. The number of rotatable bonds is 4. The standard InChI is InChI=1S/C11H16FN3.HI/c1-9-3-5-10(6-4-9)15-11(13)14-8-2-7-12;/h3-6H,2,7-8H2,1H3,(H3,13,14,15);1H. The summed E-state index contributed by atoms with van der Waals surface area (Å²) < 4.78 is 11.8. The summed E-state index contributed by atoms with van der Waals surface area (Å²) in [5.74, 6) is 0.326. The van der Waals surface area contributed by atoms with E-state index >= 15 is 0 Å². The number of hydrogen-bond donors (Lipinski definition) is 2. The van der Waals surface area contributed by atoms with Crippen LogP contribution in [0.2, 0.25) is 0 Å². The minimum atomic E-state index is -0.360. The second-order valence-corrected chi connectivity index (χ2v) is 3.30. The summed E-state index contributed by atoms with van der Waals surface area (Å²) >= 11 is 0. The Morgan fingerprint density at radius 1 is 1.38 bits per heavy atom. The molecule has 0 saturated heterocycles. The highest BCUT2D eigenvalue weighted by atomic mass is 127. The number of nitrogens with one attached hydrogen (secondary N) is 1. The summed E-state index contributed by atoms with van der Waals surface area (Å²) in [4.78, 5) is 3.97. The van der Waals surface area contributed by atoms with Gasteiger partial charge >= 0.3 is 0 Å².